The minimum Gasteiger partial charge on any atom is -0.487 e. The van der Waals surface area contributed by atoms with Crippen molar-refractivity contribution in [2.75, 3.05) is 5.32 Å². The van der Waals surface area contributed by atoms with E-state index in [-0.39, 0.29) is 18.1 Å². The van der Waals surface area contributed by atoms with Crippen LogP contribution in [0.1, 0.15) is 31.5 Å². The molecule has 3 rings (SSSR count). The Bertz CT molecular complexity index is 976. The van der Waals surface area contributed by atoms with E-state index in [9.17, 15) is 9.59 Å². The van der Waals surface area contributed by atoms with Crippen LogP contribution in [-0.4, -0.2) is 20.5 Å². The topological polar surface area (TPSA) is 85.6 Å². The number of fused-ring (bicyclic) bond motifs is 1. The van der Waals surface area contributed by atoms with Gasteiger partial charge >= 0.3 is 0 Å². The standard InChI is InChI=1S/C18H20N4O3S/c1-11(2)8-16-21-22-17(24)9-14(20-18(22)26-16)10-25-15-6-4-13(5-7-15)19-12(3)23/h4-7,9,11H,8,10H2,1-3H3,(H,19,23). The molecule has 7 nitrogen and oxygen atoms in total. The summed E-state index contributed by atoms with van der Waals surface area (Å²) < 4.78 is 7.03. The molecule has 8 heteroatoms. The summed E-state index contributed by atoms with van der Waals surface area (Å²) in [5.74, 6) is 0.971. The maximum absolute atomic E-state index is 12.2. The van der Waals surface area contributed by atoms with Crippen LogP contribution >= 0.6 is 11.3 Å². The number of ether oxygens (including phenoxy) is 1. The Hall–Kier alpha value is -2.74. The van der Waals surface area contributed by atoms with E-state index in [0.717, 1.165) is 11.4 Å². The van der Waals surface area contributed by atoms with E-state index in [2.05, 4.69) is 29.2 Å². The molecule has 2 aromatic heterocycles. The number of rotatable bonds is 6. The lowest BCUT2D eigenvalue weighted by molar-refractivity contribution is -0.114. The molecule has 136 valence electrons. The number of benzene rings is 1. The van der Waals surface area contributed by atoms with Crippen molar-refractivity contribution in [1.82, 2.24) is 14.6 Å². The van der Waals surface area contributed by atoms with E-state index in [0.29, 0.717) is 28.0 Å². The fourth-order valence-corrected chi connectivity index (χ4v) is 3.53. The van der Waals surface area contributed by atoms with Crippen LogP contribution in [0, 0.1) is 5.92 Å². The predicted octanol–water partition coefficient (Wildman–Crippen LogP) is 2.89. The first kappa shape index (κ1) is 18.1. The van der Waals surface area contributed by atoms with Crippen LogP contribution in [0.2, 0.25) is 0 Å². The molecule has 0 fully saturated rings. The lowest BCUT2D eigenvalue weighted by Crippen LogP contribution is -2.16. The van der Waals surface area contributed by atoms with Crippen LogP contribution in [-0.2, 0) is 17.8 Å². The first-order valence-electron chi connectivity index (χ1n) is 8.30. The molecule has 1 aromatic carbocycles. The molecule has 2 heterocycles. The SMILES string of the molecule is CC(=O)Nc1ccc(OCc2cc(=O)n3nc(CC(C)C)sc3n2)cc1. The first-order chi connectivity index (χ1) is 12.4. The Morgan fingerprint density at radius 1 is 1.31 bits per heavy atom. The number of aromatic nitrogens is 3. The average molecular weight is 372 g/mol. The van der Waals surface area contributed by atoms with E-state index in [1.807, 2.05) is 0 Å². The highest BCUT2D eigenvalue weighted by molar-refractivity contribution is 7.16. The summed E-state index contributed by atoms with van der Waals surface area (Å²) in [6.45, 7) is 5.86. The number of carbonyl (C=O) groups excluding carboxylic acids is 1. The van der Waals surface area contributed by atoms with E-state index in [1.165, 1.54) is 28.8 Å². The van der Waals surface area contributed by atoms with Crippen LogP contribution in [0.5, 0.6) is 5.75 Å². The largest absolute Gasteiger partial charge is 0.487 e. The third kappa shape index (κ3) is 4.45. The predicted molar refractivity (Wildman–Crippen MR) is 101 cm³/mol. The fraction of sp³-hybridized carbons (Fsp3) is 0.333. The van der Waals surface area contributed by atoms with Crippen LogP contribution in [0.4, 0.5) is 5.69 Å². The van der Waals surface area contributed by atoms with Gasteiger partial charge in [0.15, 0.2) is 0 Å². The summed E-state index contributed by atoms with van der Waals surface area (Å²) in [6, 6.07) is 8.46. The molecule has 0 aliphatic rings. The molecule has 0 bridgehead atoms. The monoisotopic (exact) mass is 372 g/mol. The lowest BCUT2D eigenvalue weighted by atomic mass is 10.1. The molecule has 0 atom stereocenters. The van der Waals surface area contributed by atoms with E-state index in [1.54, 1.807) is 24.3 Å². The van der Waals surface area contributed by atoms with Gasteiger partial charge in [-0.25, -0.2) is 4.98 Å². The second kappa shape index (κ2) is 7.65. The number of carbonyl (C=O) groups is 1. The highest BCUT2D eigenvalue weighted by Crippen LogP contribution is 2.18. The van der Waals surface area contributed by atoms with Crippen molar-refractivity contribution < 1.29 is 9.53 Å². The Balaban J connectivity index is 1.72. The average Bonchev–Trinajstić information content (AvgIpc) is 2.96. The highest BCUT2D eigenvalue weighted by Gasteiger charge is 2.10. The van der Waals surface area contributed by atoms with Gasteiger partial charge < -0.3 is 10.1 Å². The number of amides is 1. The van der Waals surface area contributed by atoms with Crippen molar-refractivity contribution >= 4 is 27.9 Å². The third-order valence-corrected chi connectivity index (χ3v) is 4.41. The van der Waals surface area contributed by atoms with Gasteiger partial charge in [-0.3, -0.25) is 9.59 Å². The molecule has 0 saturated carbocycles. The highest BCUT2D eigenvalue weighted by atomic mass is 32.1. The van der Waals surface area contributed by atoms with Crippen molar-refractivity contribution in [3.05, 3.63) is 51.4 Å². The molecule has 1 amide bonds. The summed E-state index contributed by atoms with van der Waals surface area (Å²) in [5.41, 5.74) is 1.05. The van der Waals surface area contributed by atoms with Crippen molar-refractivity contribution in [2.24, 2.45) is 5.92 Å². The molecular formula is C18H20N4O3S. The fourth-order valence-electron chi connectivity index (χ4n) is 2.40. The Morgan fingerprint density at radius 3 is 2.69 bits per heavy atom. The maximum Gasteiger partial charge on any atom is 0.275 e. The summed E-state index contributed by atoms with van der Waals surface area (Å²) >= 11 is 1.43. The molecule has 0 aliphatic carbocycles. The number of hydrogen-bond acceptors (Lipinski definition) is 6. The normalized spacial score (nSPS) is 11.1. The van der Waals surface area contributed by atoms with Gasteiger partial charge in [0.1, 0.15) is 17.4 Å². The molecule has 3 aromatic rings. The van der Waals surface area contributed by atoms with Gasteiger partial charge in [-0.15, -0.1) is 0 Å². The quantitative estimate of drug-likeness (QED) is 0.719. The summed E-state index contributed by atoms with van der Waals surface area (Å²) in [6.07, 6.45) is 0.819. The Labute approximate surface area is 154 Å². The molecule has 0 radical (unpaired) electrons. The van der Waals surface area contributed by atoms with Gasteiger partial charge in [0.2, 0.25) is 10.9 Å². The van der Waals surface area contributed by atoms with Crippen LogP contribution in [0.3, 0.4) is 0 Å². The minimum absolute atomic E-state index is 0.127. The van der Waals surface area contributed by atoms with Crippen molar-refractivity contribution in [2.45, 2.75) is 33.8 Å². The van der Waals surface area contributed by atoms with Crippen molar-refractivity contribution in [1.29, 1.82) is 0 Å². The van der Waals surface area contributed by atoms with E-state index in [4.69, 9.17) is 4.74 Å². The van der Waals surface area contributed by atoms with E-state index < -0.39 is 0 Å². The zero-order chi connectivity index (χ0) is 18.7. The minimum atomic E-state index is -0.208. The number of nitrogens with zero attached hydrogens (tertiary/aromatic N) is 3. The molecular weight excluding hydrogens is 352 g/mol. The zero-order valence-corrected chi connectivity index (χ0v) is 15.7. The van der Waals surface area contributed by atoms with Gasteiger partial charge in [-0.2, -0.15) is 9.61 Å². The maximum atomic E-state index is 12.2. The number of nitrogens with one attached hydrogen (secondary N) is 1. The summed E-state index contributed by atoms with van der Waals surface area (Å²) in [7, 11) is 0. The zero-order valence-electron chi connectivity index (χ0n) is 14.9. The Morgan fingerprint density at radius 2 is 2.04 bits per heavy atom. The Kier molecular flexibility index (Phi) is 5.32. The van der Waals surface area contributed by atoms with Crippen LogP contribution < -0.4 is 15.6 Å². The van der Waals surface area contributed by atoms with Gasteiger partial charge in [-0.1, -0.05) is 25.2 Å². The second-order valence-corrected chi connectivity index (χ2v) is 7.41. The lowest BCUT2D eigenvalue weighted by Gasteiger charge is -2.07. The molecule has 0 unspecified atom stereocenters. The van der Waals surface area contributed by atoms with Gasteiger partial charge in [0.25, 0.3) is 5.56 Å². The molecule has 26 heavy (non-hydrogen) atoms. The summed E-state index contributed by atoms with van der Waals surface area (Å²) in [4.78, 5) is 28.3. The van der Waals surface area contributed by atoms with Crippen LogP contribution in [0.15, 0.2) is 35.1 Å². The van der Waals surface area contributed by atoms with Gasteiger partial charge in [-0.05, 0) is 30.2 Å². The van der Waals surface area contributed by atoms with Crippen molar-refractivity contribution in [3.63, 3.8) is 0 Å². The smallest absolute Gasteiger partial charge is 0.275 e. The molecule has 0 saturated heterocycles. The second-order valence-electron chi connectivity index (χ2n) is 6.37. The number of anilines is 1. The van der Waals surface area contributed by atoms with Crippen molar-refractivity contribution in [3.8, 4) is 5.75 Å². The molecule has 0 aliphatic heterocycles. The third-order valence-electron chi connectivity index (χ3n) is 3.48. The first-order valence-corrected chi connectivity index (χ1v) is 9.11. The van der Waals surface area contributed by atoms with Crippen LogP contribution in [0.25, 0.3) is 4.96 Å². The molecule has 1 N–H and O–H groups in total. The van der Waals surface area contributed by atoms with Gasteiger partial charge in [0.05, 0.1) is 5.69 Å². The number of hydrogen-bond donors (Lipinski definition) is 1. The summed E-state index contributed by atoms with van der Waals surface area (Å²) in [5, 5.41) is 7.92. The van der Waals surface area contributed by atoms with Gasteiger partial charge in [0, 0.05) is 25.1 Å². The van der Waals surface area contributed by atoms with E-state index >= 15 is 0 Å². The molecule has 0 spiro atoms.